The number of nitrogens with zero attached hydrogens (tertiary/aromatic N) is 3. The minimum absolute atomic E-state index is 0.304. The summed E-state index contributed by atoms with van der Waals surface area (Å²) < 4.78 is 0. The van der Waals surface area contributed by atoms with Crippen LogP contribution in [0.2, 0.25) is 0 Å². The number of β-amino-alcohol motifs (C(OH)–C–C–N with tert-alkyl or cyclic N) is 1. The first-order valence-electron chi connectivity index (χ1n) is 10.7. The van der Waals surface area contributed by atoms with Gasteiger partial charge in [0.25, 0.3) is 0 Å². The first-order valence-corrected chi connectivity index (χ1v) is 10.7. The molecule has 28 heavy (non-hydrogen) atoms. The van der Waals surface area contributed by atoms with E-state index in [1.165, 1.54) is 64.7 Å². The lowest BCUT2D eigenvalue weighted by Gasteiger charge is -2.45. The van der Waals surface area contributed by atoms with Crippen LogP contribution in [0.4, 0.5) is 0 Å². The molecule has 2 unspecified atom stereocenters. The standard InChI is InChI=1S/C18H35N3O.C2H2O4/c1-16-3-2-4-18(15-16)20-7-5-17(6-8-20)21-11-9-19(10-12-21)13-14-22;3-1(4)2(5)6/h16-18,22H,2-15H2,1H3;(H,3,4)(H,5,6). The zero-order valence-corrected chi connectivity index (χ0v) is 17.1. The molecule has 3 fully saturated rings. The van der Waals surface area contributed by atoms with Crippen LogP contribution >= 0.6 is 0 Å². The predicted molar refractivity (Wildman–Crippen MR) is 106 cm³/mol. The van der Waals surface area contributed by atoms with E-state index in [1.54, 1.807) is 0 Å². The topological polar surface area (TPSA) is 105 Å². The molecule has 2 aliphatic heterocycles. The first-order chi connectivity index (χ1) is 13.4. The largest absolute Gasteiger partial charge is 0.473 e. The summed E-state index contributed by atoms with van der Waals surface area (Å²) in [5, 5.41) is 23.8. The Morgan fingerprint density at radius 3 is 1.89 bits per heavy atom. The molecule has 0 amide bonds. The van der Waals surface area contributed by atoms with E-state index in [1.807, 2.05) is 0 Å². The number of aliphatic hydroxyl groups excluding tert-OH is 1. The highest BCUT2D eigenvalue weighted by Gasteiger charge is 2.31. The van der Waals surface area contributed by atoms with Gasteiger partial charge >= 0.3 is 11.9 Å². The summed E-state index contributed by atoms with van der Waals surface area (Å²) in [7, 11) is 0. The SMILES string of the molecule is CC1CCCC(N2CCC(N3CCN(CCO)CC3)CC2)C1.O=C(O)C(=O)O. The van der Waals surface area contributed by atoms with Crippen LogP contribution in [0.15, 0.2) is 0 Å². The molecule has 0 radical (unpaired) electrons. The summed E-state index contributed by atoms with van der Waals surface area (Å²) in [5.74, 6) is -2.71. The summed E-state index contributed by atoms with van der Waals surface area (Å²) in [6.07, 6.45) is 8.50. The molecule has 0 aromatic rings. The van der Waals surface area contributed by atoms with E-state index < -0.39 is 11.9 Å². The fourth-order valence-electron chi connectivity index (χ4n) is 4.84. The average Bonchev–Trinajstić information content (AvgIpc) is 2.69. The quantitative estimate of drug-likeness (QED) is 0.596. The number of piperazine rings is 1. The Bertz CT molecular complexity index is 476. The van der Waals surface area contributed by atoms with Crippen LogP contribution in [0.5, 0.6) is 0 Å². The van der Waals surface area contributed by atoms with Crippen LogP contribution < -0.4 is 0 Å². The number of aliphatic carboxylic acids is 2. The number of carboxylic acid groups (broad SMARTS) is 2. The predicted octanol–water partition coefficient (Wildman–Crippen LogP) is 0.795. The third-order valence-electron chi connectivity index (χ3n) is 6.45. The Morgan fingerprint density at radius 2 is 1.39 bits per heavy atom. The van der Waals surface area contributed by atoms with Gasteiger partial charge in [-0.3, -0.25) is 9.80 Å². The van der Waals surface area contributed by atoms with Gasteiger partial charge in [-0.2, -0.15) is 0 Å². The highest BCUT2D eigenvalue weighted by atomic mass is 16.4. The summed E-state index contributed by atoms with van der Waals surface area (Å²) >= 11 is 0. The third-order valence-corrected chi connectivity index (χ3v) is 6.45. The van der Waals surface area contributed by atoms with Crippen molar-refractivity contribution in [2.75, 3.05) is 52.4 Å². The molecule has 0 aromatic carbocycles. The van der Waals surface area contributed by atoms with Crippen molar-refractivity contribution < 1.29 is 24.9 Å². The van der Waals surface area contributed by atoms with Crippen molar-refractivity contribution in [3.63, 3.8) is 0 Å². The van der Waals surface area contributed by atoms with Gasteiger partial charge < -0.3 is 20.2 Å². The molecule has 1 aliphatic carbocycles. The summed E-state index contributed by atoms with van der Waals surface area (Å²) in [6.45, 7) is 10.9. The van der Waals surface area contributed by atoms with Crippen molar-refractivity contribution in [1.82, 2.24) is 14.7 Å². The number of carboxylic acids is 2. The van der Waals surface area contributed by atoms with Crippen LogP contribution in [0.3, 0.4) is 0 Å². The molecule has 8 nitrogen and oxygen atoms in total. The maximum absolute atomic E-state index is 9.10. The van der Waals surface area contributed by atoms with Crippen LogP contribution in [0.25, 0.3) is 0 Å². The molecule has 3 N–H and O–H groups in total. The summed E-state index contributed by atoms with van der Waals surface area (Å²) in [6, 6.07) is 1.69. The fraction of sp³-hybridized carbons (Fsp3) is 0.900. The van der Waals surface area contributed by atoms with Crippen LogP contribution in [-0.2, 0) is 9.59 Å². The highest BCUT2D eigenvalue weighted by Crippen LogP contribution is 2.30. The second-order valence-electron chi connectivity index (χ2n) is 8.40. The lowest BCUT2D eigenvalue weighted by atomic mass is 9.85. The second kappa shape index (κ2) is 11.7. The molecule has 2 atom stereocenters. The van der Waals surface area contributed by atoms with Crippen LogP contribution in [0.1, 0.15) is 45.4 Å². The van der Waals surface area contributed by atoms with Gasteiger partial charge in [0.05, 0.1) is 6.61 Å². The van der Waals surface area contributed by atoms with Gasteiger partial charge in [-0.25, -0.2) is 9.59 Å². The molecule has 0 bridgehead atoms. The third kappa shape index (κ3) is 7.31. The van der Waals surface area contributed by atoms with Crippen molar-refractivity contribution >= 4 is 11.9 Å². The number of aliphatic hydroxyl groups is 1. The maximum Gasteiger partial charge on any atom is 0.414 e. The van der Waals surface area contributed by atoms with Crippen LogP contribution in [0, 0.1) is 5.92 Å². The Labute approximate surface area is 168 Å². The minimum Gasteiger partial charge on any atom is -0.473 e. The molecule has 8 heteroatoms. The van der Waals surface area contributed by atoms with E-state index in [0.29, 0.717) is 6.61 Å². The van der Waals surface area contributed by atoms with Crippen molar-refractivity contribution in [2.24, 2.45) is 5.92 Å². The van der Waals surface area contributed by atoms with E-state index in [9.17, 15) is 0 Å². The van der Waals surface area contributed by atoms with E-state index in [4.69, 9.17) is 24.9 Å². The molecule has 0 spiro atoms. The van der Waals surface area contributed by atoms with Gasteiger partial charge in [0.1, 0.15) is 0 Å². The van der Waals surface area contributed by atoms with Gasteiger partial charge in [-0.15, -0.1) is 0 Å². The van der Waals surface area contributed by atoms with Gasteiger partial charge in [-0.1, -0.05) is 19.8 Å². The van der Waals surface area contributed by atoms with E-state index in [0.717, 1.165) is 37.6 Å². The van der Waals surface area contributed by atoms with Crippen molar-refractivity contribution in [3.05, 3.63) is 0 Å². The Morgan fingerprint density at radius 1 is 0.821 bits per heavy atom. The van der Waals surface area contributed by atoms with Gasteiger partial charge in [0.15, 0.2) is 0 Å². The number of carbonyl (C=O) groups is 2. The molecule has 0 aromatic heterocycles. The van der Waals surface area contributed by atoms with Gasteiger partial charge in [0.2, 0.25) is 0 Å². The van der Waals surface area contributed by atoms with E-state index in [-0.39, 0.29) is 0 Å². The Balaban J connectivity index is 0.000000409. The number of piperidine rings is 1. The number of rotatable bonds is 4. The van der Waals surface area contributed by atoms with Crippen molar-refractivity contribution in [1.29, 1.82) is 0 Å². The molecular formula is C20H37N3O5. The Hall–Kier alpha value is -1.22. The average molecular weight is 400 g/mol. The zero-order valence-electron chi connectivity index (χ0n) is 17.1. The van der Waals surface area contributed by atoms with Gasteiger partial charge in [-0.05, 0) is 44.7 Å². The van der Waals surface area contributed by atoms with Crippen LogP contribution in [-0.4, -0.2) is 106 Å². The number of hydrogen-bond acceptors (Lipinski definition) is 6. The number of hydrogen-bond donors (Lipinski definition) is 3. The summed E-state index contributed by atoms with van der Waals surface area (Å²) in [5.41, 5.74) is 0. The van der Waals surface area contributed by atoms with Gasteiger partial charge in [0, 0.05) is 44.8 Å². The molecule has 2 heterocycles. The molecule has 3 aliphatic rings. The monoisotopic (exact) mass is 399 g/mol. The molecule has 2 saturated heterocycles. The lowest BCUT2D eigenvalue weighted by Crippen LogP contribution is -2.54. The van der Waals surface area contributed by atoms with Crippen molar-refractivity contribution in [2.45, 2.75) is 57.5 Å². The fourth-order valence-corrected chi connectivity index (χ4v) is 4.84. The minimum atomic E-state index is -1.82. The Kier molecular flexibility index (Phi) is 9.64. The van der Waals surface area contributed by atoms with E-state index in [2.05, 4.69) is 21.6 Å². The number of likely N-dealkylation sites (tertiary alicyclic amines) is 1. The smallest absolute Gasteiger partial charge is 0.414 e. The normalized spacial score (nSPS) is 28.4. The zero-order chi connectivity index (χ0) is 20.5. The molecular weight excluding hydrogens is 362 g/mol. The molecule has 1 saturated carbocycles. The van der Waals surface area contributed by atoms with E-state index >= 15 is 0 Å². The van der Waals surface area contributed by atoms with Crippen molar-refractivity contribution in [3.8, 4) is 0 Å². The second-order valence-corrected chi connectivity index (χ2v) is 8.40. The molecule has 162 valence electrons. The first kappa shape index (κ1) is 23.1. The maximum atomic E-state index is 9.10. The lowest BCUT2D eigenvalue weighted by molar-refractivity contribution is -0.159. The molecule has 3 rings (SSSR count). The highest BCUT2D eigenvalue weighted by molar-refractivity contribution is 6.27. The summed E-state index contributed by atoms with van der Waals surface area (Å²) in [4.78, 5) is 26.1.